The minimum absolute atomic E-state index is 0.134. The molecule has 0 amide bonds. The van der Waals surface area contributed by atoms with Crippen LogP contribution in [-0.4, -0.2) is 37.9 Å². The molecule has 5 nitrogen and oxygen atoms in total. The highest BCUT2D eigenvalue weighted by atomic mass is 16.3. The minimum Gasteiger partial charge on any atom is -0.393 e. The third-order valence-electron chi connectivity index (χ3n) is 4.48. The first kappa shape index (κ1) is 11.2. The van der Waals surface area contributed by atoms with Gasteiger partial charge in [0.15, 0.2) is 5.65 Å². The van der Waals surface area contributed by atoms with Crippen LogP contribution in [0.3, 0.4) is 0 Å². The molecule has 1 N–H and O–H groups in total. The minimum atomic E-state index is -0.134. The molecule has 0 radical (unpaired) electrons. The molecular formula is C14H18N4O. The number of aliphatic hydroxyl groups is 1. The number of fused-ring (bicyclic) bond motifs is 3. The average Bonchev–Trinajstić information content (AvgIpc) is 2.92. The van der Waals surface area contributed by atoms with Crippen LogP contribution >= 0.6 is 0 Å². The summed E-state index contributed by atoms with van der Waals surface area (Å²) < 4.78 is 1.93. The summed E-state index contributed by atoms with van der Waals surface area (Å²) >= 11 is 0. The maximum atomic E-state index is 9.92. The Balaban J connectivity index is 1.84. The summed E-state index contributed by atoms with van der Waals surface area (Å²) in [5.74, 6) is 1.13. The highest BCUT2D eigenvalue weighted by Crippen LogP contribution is 2.39. The van der Waals surface area contributed by atoms with E-state index < -0.39 is 0 Å². The Morgan fingerprint density at radius 3 is 2.68 bits per heavy atom. The topological polar surface area (TPSA) is 53.7 Å². The van der Waals surface area contributed by atoms with Crippen LogP contribution in [0.2, 0.25) is 0 Å². The van der Waals surface area contributed by atoms with Gasteiger partial charge in [-0.15, -0.1) is 0 Å². The molecule has 2 aliphatic rings. The van der Waals surface area contributed by atoms with E-state index >= 15 is 0 Å². The summed E-state index contributed by atoms with van der Waals surface area (Å²) in [5, 5.41) is 14.3. The van der Waals surface area contributed by atoms with Crippen molar-refractivity contribution in [3.63, 3.8) is 0 Å². The number of hydrogen-bond acceptors (Lipinski definition) is 4. The van der Waals surface area contributed by atoms with Gasteiger partial charge in [-0.3, -0.25) is 0 Å². The number of anilines is 1. The van der Waals surface area contributed by atoms with E-state index in [0.717, 1.165) is 24.3 Å². The molecule has 2 aromatic rings. The van der Waals surface area contributed by atoms with Crippen LogP contribution in [0.1, 0.15) is 31.2 Å². The Morgan fingerprint density at radius 1 is 1.21 bits per heavy atom. The molecule has 2 aromatic heterocycles. The van der Waals surface area contributed by atoms with Crippen LogP contribution in [-0.2, 0) is 0 Å². The van der Waals surface area contributed by atoms with Crippen molar-refractivity contribution in [3.05, 3.63) is 24.0 Å². The second-order valence-electron chi connectivity index (χ2n) is 5.84. The van der Waals surface area contributed by atoms with Gasteiger partial charge in [-0.25, -0.2) is 4.98 Å². The molecule has 0 aliphatic carbocycles. The molecule has 2 saturated heterocycles. The summed E-state index contributed by atoms with van der Waals surface area (Å²) in [6.07, 6.45) is 5.57. The molecule has 2 atom stereocenters. The second kappa shape index (κ2) is 3.93. The molecule has 100 valence electrons. The molecule has 0 spiro atoms. The SMILES string of the molecule is Cc1cc(N2C3CCC2CC(O)C3)n2ncnc2c1. The van der Waals surface area contributed by atoms with Crippen molar-refractivity contribution in [2.24, 2.45) is 0 Å². The Labute approximate surface area is 111 Å². The van der Waals surface area contributed by atoms with Gasteiger partial charge in [-0.05, 0) is 50.3 Å². The Hall–Kier alpha value is -1.62. The first-order chi connectivity index (χ1) is 9.22. The second-order valence-corrected chi connectivity index (χ2v) is 5.84. The lowest BCUT2D eigenvalue weighted by Gasteiger charge is -2.38. The smallest absolute Gasteiger partial charge is 0.157 e. The lowest BCUT2D eigenvalue weighted by atomic mass is 10.00. The summed E-state index contributed by atoms with van der Waals surface area (Å²) in [4.78, 5) is 6.76. The van der Waals surface area contributed by atoms with Gasteiger partial charge in [-0.1, -0.05) is 0 Å². The van der Waals surface area contributed by atoms with Crippen molar-refractivity contribution in [1.82, 2.24) is 14.6 Å². The monoisotopic (exact) mass is 258 g/mol. The number of hydrogen-bond donors (Lipinski definition) is 1. The van der Waals surface area contributed by atoms with Crippen molar-refractivity contribution >= 4 is 11.5 Å². The highest BCUT2D eigenvalue weighted by molar-refractivity contribution is 5.55. The van der Waals surface area contributed by atoms with Gasteiger partial charge < -0.3 is 10.0 Å². The number of aromatic nitrogens is 3. The number of piperidine rings is 1. The van der Waals surface area contributed by atoms with Gasteiger partial charge in [-0.2, -0.15) is 9.61 Å². The van der Waals surface area contributed by atoms with E-state index in [-0.39, 0.29) is 6.10 Å². The first-order valence-corrected chi connectivity index (χ1v) is 6.99. The number of rotatable bonds is 1. The molecule has 5 heteroatoms. The molecule has 4 rings (SSSR count). The zero-order valence-corrected chi connectivity index (χ0v) is 11.0. The quantitative estimate of drug-likeness (QED) is 0.843. The average molecular weight is 258 g/mol. The van der Waals surface area contributed by atoms with Gasteiger partial charge in [0.2, 0.25) is 0 Å². The van der Waals surface area contributed by atoms with E-state index in [1.54, 1.807) is 6.33 Å². The fourth-order valence-electron chi connectivity index (χ4n) is 3.74. The maximum Gasteiger partial charge on any atom is 0.157 e. The fraction of sp³-hybridized carbons (Fsp3) is 0.571. The predicted molar refractivity (Wildman–Crippen MR) is 72.3 cm³/mol. The van der Waals surface area contributed by atoms with E-state index in [1.807, 2.05) is 4.52 Å². The third-order valence-corrected chi connectivity index (χ3v) is 4.48. The Morgan fingerprint density at radius 2 is 1.95 bits per heavy atom. The number of aliphatic hydroxyl groups excluding tert-OH is 1. The molecule has 2 unspecified atom stereocenters. The van der Waals surface area contributed by atoms with Gasteiger partial charge in [0.05, 0.1) is 6.10 Å². The van der Waals surface area contributed by atoms with E-state index in [0.29, 0.717) is 12.1 Å². The Kier molecular flexibility index (Phi) is 2.33. The van der Waals surface area contributed by atoms with Crippen molar-refractivity contribution in [1.29, 1.82) is 0 Å². The third kappa shape index (κ3) is 1.64. The molecule has 2 bridgehead atoms. The van der Waals surface area contributed by atoms with Crippen LogP contribution in [0.15, 0.2) is 18.5 Å². The van der Waals surface area contributed by atoms with E-state index in [9.17, 15) is 5.11 Å². The zero-order valence-electron chi connectivity index (χ0n) is 11.0. The van der Waals surface area contributed by atoms with Gasteiger partial charge in [0, 0.05) is 12.1 Å². The van der Waals surface area contributed by atoms with Crippen molar-refractivity contribution in [2.75, 3.05) is 4.90 Å². The summed E-state index contributed by atoms with van der Waals surface area (Å²) in [7, 11) is 0. The molecular weight excluding hydrogens is 240 g/mol. The van der Waals surface area contributed by atoms with Crippen LogP contribution in [0, 0.1) is 6.92 Å². The predicted octanol–water partition coefficient (Wildman–Crippen LogP) is 1.53. The molecule has 2 fully saturated rings. The van der Waals surface area contributed by atoms with Crippen LogP contribution in [0.4, 0.5) is 5.82 Å². The number of nitrogens with zero attached hydrogens (tertiary/aromatic N) is 4. The normalized spacial score (nSPS) is 30.2. The van der Waals surface area contributed by atoms with Crippen LogP contribution < -0.4 is 4.90 Å². The van der Waals surface area contributed by atoms with Crippen molar-refractivity contribution < 1.29 is 5.11 Å². The Bertz CT molecular complexity index is 609. The molecule has 2 aliphatic heterocycles. The summed E-state index contributed by atoms with van der Waals surface area (Å²) in [5.41, 5.74) is 2.11. The maximum absolute atomic E-state index is 9.92. The van der Waals surface area contributed by atoms with Gasteiger partial charge in [0.25, 0.3) is 0 Å². The van der Waals surface area contributed by atoms with Gasteiger partial charge in [0.1, 0.15) is 12.1 Å². The lowest BCUT2D eigenvalue weighted by Crippen LogP contribution is -2.45. The number of aryl methyl sites for hydroxylation is 1. The molecule has 0 saturated carbocycles. The summed E-state index contributed by atoms with van der Waals surface area (Å²) in [6.45, 7) is 2.10. The van der Waals surface area contributed by atoms with E-state index in [4.69, 9.17) is 0 Å². The lowest BCUT2D eigenvalue weighted by molar-refractivity contribution is 0.126. The summed E-state index contributed by atoms with van der Waals surface area (Å²) in [6, 6.07) is 5.13. The zero-order chi connectivity index (χ0) is 13.0. The standard InChI is InChI=1S/C14H18N4O/c1-9-4-13-15-8-16-18(13)14(5-9)17-10-2-3-11(17)7-12(19)6-10/h4-5,8,10-12,19H,2-3,6-7H2,1H3. The molecule has 4 heterocycles. The highest BCUT2D eigenvalue weighted by Gasteiger charge is 2.41. The van der Waals surface area contributed by atoms with Gasteiger partial charge >= 0.3 is 0 Å². The van der Waals surface area contributed by atoms with Crippen LogP contribution in [0.5, 0.6) is 0 Å². The van der Waals surface area contributed by atoms with Crippen LogP contribution in [0.25, 0.3) is 5.65 Å². The van der Waals surface area contributed by atoms with Crippen molar-refractivity contribution in [3.8, 4) is 0 Å². The molecule has 0 aromatic carbocycles. The fourth-order valence-corrected chi connectivity index (χ4v) is 3.74. The van der Waals surface area contributed by atoms with E-state index in [1.165, 1.54) is 18.4 Å². The first-order valence-electron chi connectivity index (χ1n) is 6.99. The largest absolute Gasteiger partial charge is 0.393 e. The van der Waals surface area contributed by atoms with E-state index in [2.05, 4.69) is 34.0 Å². The molecule has 19 heavy (non-hydrogen) atoms. The number of pyridine rings is 1. The van der Waals surface area contributed by atoms with Crippen molar-refractivity contribution in [2.45, 2.75) is 50.8 Å².